The van der Waals surface area contributed by atoms with Crippen molar-refractivity contribution < 1.29 is 19.4 Å². The van der Waals surface area contributed by atoms with E-state index in [0.29, 0.717) is 18.7 Å². The van der Waals surface area contributed by atoms with Gasteiger partial charge in [0.2, 0.25) is 0 Å². The van der Waals surface area contributed by atoms with Crippen LogP contribution in [-0.4, -0.2) is 35.6 Å². The summed E-state index contributed by atoms with van der Waals surface area (Å²) in [5.41, 5.74) is 2.75. The number of aromatic carboxylic acids is 1. The first-order chi connectivity index (χ1) is 11.4. The number of aryl methyl sites for hydroxylation is 2. The van der Waals surface area contributed by atoms with Crippen molar-refractivity contribution in [3.05, 3.63) is 58.4 Å². The van der Waals surface area contributed by atoms with Crippen molar-refractivity contribution in [2.75, 3.05) is 13.7 Å². The largest absolute Gasteiger partial charge is 0.496 e. The van der Waals surface area contributed by atoms with E-state index in [4.69, 9.17) is 9.84 Å². The molecule has 0 aliphatic heterocycles. The van der Waals surface area contributed by atoms with Gasteiger partial charge >= 0.3 is 5.97 Å². The molecule has 126 valence electrons. The number of methoxy groups -OCH3 is 1. The molecule has 24 heavy (non-hydrogen) atoms. The monoisotopic (exact) mass is 328 g/mol. The predicted molar refractivity (Wildman–Crippen MR) is 89.7 cm³/mol. The molecule has 0 atom stereocenters. The van der Waals surface area contributed by atoms with E-state index in [-0.39, 0.29) is 17.2 Å². The van der Waals surface area contributed by atoms with Crippen molar-refractivity contribution in [1.29, 1.82) is 0 Å². The molecule has 0 fully saturated rings. The molecule has 2 aromatic rings. The second-order valence-corrected chi connectivity index (χ2v) is 5.46. The molecule has 6 nitrogen and oxygen atoms in total. The van der Waals surface area contributed by atoms with Crippen LogP contribution in [0.15, 0.2) is 30.3 Å². The number of rotatable bonds is 6. The number of carboxylic acid groups (broad SMARTS) is 1. The number of hydrogen-bond donors (Lipinski definition) is 2. The first kappa shape index (κ1) is 17.5. The van der Waals surface area contributed by atoms with Gasteiger partial charge in [0.25, 0.3) is 5.91 Å². The van der Waals surface area contributed by atoms with Gasteiger partial charge in [0, 0.05) is 6.54 Å². The number of carbonyl (C=O) groups excluding carboxylic acids is 1. The van der Waals surface area contributed by atoms with Gasteiger partial charge in [0.05, 0.1) is 18.4 Å². The molecule has 2 rings (SSSR count). The molecule has 0 aliphatic carbocycles. The molecule has 0 saturated carbocycles. The van der Waals surface area contributed by atoms with Crippen LogP contribution in [0.25, 0.3) is 0 Å². The number of carbonyl (C=O) groups is 2. The molecule has 1 heterocycles. The first-order valence-corrected chi connectivity index (χ1v) is 7.55. The van der Waals surface area contributed by atoms with Crippen molar-refractivity contribution in [3.63, 3.8) is 0 Å². The summed E-state index contributed by atoms with van der Waals surface area (Å²) in [5.74, 6) is -0.602. The maximum atomic E-state index is 12.1. The Bertz CT molecular complexity index is 772. The van der Waals surface area contributed by atoms with E-state index in [1.807, 2.05) is 25.1 Å². The van der Waals surface area contributed by atoms with Crippen LogP contribution >= 0.6 is 0 Å². The van der Waals surface area contributed by atoms with Gasteiger partial charge in [-0.2, -0.15) is 0 Å². The van der Waals surface area contributed by atoms with Gasteiger partial charge in [-0.3, -0.25) is 4.79 Å². The zero-order valence-corrected chi connectivity index (χ0v) is 13.9. The van der Waals surface area contributed by atoms with Gasteiger partial charge in [0.1, 0.15) is 11.4 Å². The lowest BCUT2D eigenvalue weighted by Gasteiger charge is -2.10. The Morgan fingerprint density at radius 3 is 2.58 bits per heavy atom. The quantitative estimate of drug-likeness (QED) is 0.850. The summed E-state index contributed by atoms with van der Waals surface area (Å²) in [5, 5.41) is 11.8. The third-order valence-electron chi connectivity index (χ3n) is 3.66. The van der Waals surface area contributed by atoms with Gasteiger partial charge in [0.15, 0.2) is 0 Å². The van der Waals surface area contributed by atoms with Crippen LogP contribution < -0.4 is 10.1 Å². The number of ether oxygens (including phenoxy) is 1. The topological polar surface area (TPSA) is 88.5 Å². The van der Waals surface area contributed by atoms with Gasteiger partial charge in [-0.15, -0.1) is 0 Å². The smallest absolute Gasteiger partial charge is 0.337 e. The molecule has 0 aliphatic rings. The van der Waals surface area contributed by atoms with Crippen molar-refractivity contribution in [2.45, 2.75) is 20.3 Å². The van der Waals surface area contributed by atoms with Gasteiger partial charge in [-0.25, -0.2) is 9.78 Å². The fraction of sp³-hybridized carbons (Fsp3) is 0.278. The van der Waals surface area contributed by atoms with E-state index in [9.17, 15) is 9.59 Å². The minimum absolute atomic E-state index is 0.0936. The number of nitrogens with zero attached hydrogens (tertiary/aromatic N) is 1. The van der Waals surface area contributed by atoms with Crippen LogP contribution in [-0.2, 0) is 6.42 Å². The number of benzene rings is 1. The van der Waals surface area contributed by atoms with Crippen molar-refractivity contribution >= 4 is 11.9 Å². The normalized spacial score (nSPS) is 10.3. The summed E-state index contributed by atoms with van der Waals surface area (Å²) in [6.07, 6.45) is 0.628. The highest BCUT2D eigenvalue weighted by Gasteiger charge is 2.13. The zero-order valence-electron chi connectivity index (χ0n) is 13.9. The molecule has 0 saturated heterocycles. The van der Waals surface area contributed by atoms with E-state index in [1.165, 1.54) is 12.1 Å². The number of hydrogen-bond acceptors (Lipinski definition) is 4. The first-order valence-electron chi connectivity index (χ1n) is 7.55. The third-order valence-corrected chi connectivity index (χ3v) is 3.66. The lowest BCUT2D eigenvalue weighted by atomic mass is 10.1. The molecular formula is C18H20N2O4. The minimum Gasteiger partial charge on any atom is -0.496 e. The summed E-state index contributed by atoms with van der Waals surface area (Å²) < 4.78 is 5.31. The number of amides is 1. The Morgan fingerprint density at radius 2 is 1.96 bits per heavy atom. The van der Waals surface area contributed by atoms with E-state index >= 15 is 0 Å². The highest BCUT2D eigenvalue weighted by atomic mass is 16.5. The van der Waals surface area contributed by atoms with Crippen molar-refractivity contribution in [2.24, 2.45) is 0 Å². The summed E-state index contributed by atoms with van der Waals surface area (Å²) >= 11 is 0. The van der Waals surface area contributed by atoms with Gasteiger partial charge in [-0.1, -0.05) is 17.7 Å². The number of carboxylic acids is 1. The highest BCUT2D eigenvalue weighted by molar-refractivity contribution is 5.94. The number of pyridine rings is 1. The standard InChI is InChI=1S/C18H20N2O4/c1-11-4-7-16(24-3)13(10-11)8-9-19-17(21)15-6-5-14(18(22)23)12(2)20-15/h4-7,10H,8-9H2,1-3H3,(H,19,21)(H,22,23). The number of nitrogens with one attached hydrogen (secondary N) is 1. The molecule has 2 N–H and O–H groups in total. The molecule has 1 aromatic carbocycles. The summed E-state index contributed by atoms with van der Waals surface area (Å²) in [7, 11) is 1.61. The predicted octanol–water partition coefficient (Wildman–Crippen LogP) is 2.38. The zero-order chi connectivity index (χ0) is 17.7. The third kappa shape index (κ3) is 4.10. The highest BCUT2D eigenvalue weighted by Crippen LogP contribution is 2.19. The molecule has 0 unspecified atom stereocenters. The summed E-state index contributed by atoms with van der Waals surface area (Å²) in [6, 6.07) is 8.71. The number of aromatic nitrogens is 1. The van der Waals surface area contributed by atoms with Gasteiger partial charge in [-0.05, 0) is 44.0 Å². The van der Waals surface area contributed by atoms with Crippen LogP contribution in [0.5, 0.6) is 5.75 Å². The Balaban J connectivity index is 2.00. The Hall–Kier alpha value is -2.89. The fourth-order valence-corrected chi connectivity index (χ4v) is 2.42. The summed E-state index contributed by atoms with van der Waals surface area (Å²) in [4.78, 5) is 27.2. The summed E-state index contributed by atoms with van der Waals surface area (Å²) in [6.45, 7) is 4.00. The van der Waals surface area contributed by atoms with E-state index in [0.717, 1.165) is 16.9 Å². The Labute approximate surface area is 140 Å². The molecule has 0 bridgehead atoms. The van der Waals surface area contributed by atoms with Crippen LogP contribution in [0.2, 0.25) is 0 Å². The SMILES string of the molecule is COc1ccc(C)cc1CCNC(=O)c1ccc(C(=O)O)c(C)n1. The van der Waals surface area contributed by atoms with Crippen LogP contribution in [0.4, 0.5) is 0 Å². The minimum atomic E-state index is -1.06. The maximum absolute atomic E-state index is 12.1. The van der Waals surface area contributed by atoms with E-state index < -0.39 is 5.97 Å². The van der Waals surface area contributed by atoms with Crippen LogP contribution in [0.3, 0.4) is 0 Å². The van der Waals surface area contributed by atoms with E-state index in [1.54, 1.807) is 14.0 Å². The van der Waals surface area contributed by atoms with Crippen molar-refractivity contribution in [1.82, 2.24) is 10.3 Å². The van der Waals surface area contributed by atoms with Crippen LogP contribution in [0.1, 0.15) is 37.7 Å². The average molecular weight is 328 g/mol. The average Bonchev–Trinajstić information content (AvgIpc) is 2.54. The lowest BCUT2D eigenvalue weighted by molar-refractivity contribution is 0.0694. The molecule has 0 radical (unpaired) electrons. The fourth-order valence-electron chi connectivity index (χ4n) is 2.42. The van der Waals surface area contributed by atoms with Gasteiger partial charge < -0.3 is 15.2 Å². The molecule has 1 amide bonds. The van der Waals surface area contributed by atoms with Crippen LogP contribution in [0, 0.1) is 13.8 Å². The van der Waals surface area contributed by atoms with E-state index in [2.05, 4.69) is 10.3 Å². The molecule has 0 spiro atoms. The Morgan fingerprint density at radius 1 is 1.21 bits per heavy atom. The molecular weight excluding hydrogens is 308 g/mol. The maximum Gasteiger partial charge on any atom is 0.337 e. The lowest BCUT2D eigenvalue weighted by Crippen LogP contribution is -2.27. The van der Waals surface area contributed by atoms with Crippen molar-refractivity contribution in [3.8, 4) is 5.75 Å². The second-order valence-electron chi connectivity index (χ2n) is 5.46. The molecule has 6 heteroatoms. The Kier molecular flexibility index (Phi) is 5.52. The molecule has 1 aromatic heterocycles. The second kappa shape index (κ2) is 7.59.